The van der Waals surface area contributed by atoms with Gasteiger partial charge in [-0.1, -0.05) is 0 Å². The molecule has 16 heavy (non-hydrogen) atoms. The van der Waals surface area contributed by atoms with Crippen molar-refractivity contribution in [1.82, 2.24) is 24.8 Å². The predicted octanol–water partition coefficient (Wildman–Crippen LogP) is -1.27. The molecule has 1 saturated heterocycles. The van der Waals surface area contributed by atoms with Gasteiger partial charge in [-0.05, 0) is 0 Å². The van der Waals surface area contributed by atoms with E-state index >= 15 is 0 Å². The smallest absolute Gasteiger partial charge is 0.276 e. The van der Waals surface area contributed by atoms with Crippen LogP contribution in [0.15, 0.2) is 6.20 Å². The lowest BCUT2D eigenvalue weighted by Crippen LogP contribution is -2.48. The Labute approximate surface area is 92.6 Å². The third kappa shape index (κ3) is 2.02. The van der Waals surface area contributed by atoms with Gasteiger partial charge in [-0.3, -0.25) is 9.59 Å². The third-order valence-electron chi connectivity index (χ3n) is 2.57. The molecule has 0 saturated carbocycles. The molecule has 7 heteroatoms. The van der Waals surface area contributed by atoms with Gasteiger partial charge in [-0.15, -0.1) is 5.10 Å². The Balaban J connectivity index is 1.99. The number of aryl methyl sites for hydroxylation is 1. The van der Waals surface area contributed by atoms with Gasteiger partial charge in [-0.25, -0.2) is 0 Å². The number of piperazine rings is 1. The molecule has 1 fully saturated rings. The maximum absolute atomic E-state index is 11.9. The van der Waals surface area contributed by atoms with Gasteiger partial charge in [-0.2, -0.15) is 9.90 Å². The first-order valence-electron chi connectivity index (χ1n) is 5.05. The highest BCUT2D eigenvalue weighted by Crippen LogP contribution is 2.04. The summed E-state index contributed by atoms with van der Waals surface area (Å²) in [7, 11) is 1.67. The van der Waals surface area contributed by atoms with E-state index in [4.69, 9.17) is 0 Å². The van der Waals surface area contributed by atoms with E-state index in [9.17, 15) is 9.59 Å². The van der Waals surface area contributed by atoms with Crippen molar-refractivity contribution in [3.05, 3.63) is 11.9 Å². The Morgan fingerprint density at radius 3 is 2.56 bits per heavy atom. The zero-order valence-corrected chi connectivity index (χ0v) is 9.04. The molecule has 7 nitrogen and oxygen atoms in total. The molecule has 0 aliphatic carbocycles. The van der Waals surface area contributed by atoms with E-state index in [1.165, 1.54) is 11.0 Å². The summed E-state index contributed by atoms with van der Waals surface area (Å²) in [5, 5.41) is 7.81. The molecule has 0 aromatic carbocycles. The highest BCUT2D eigenvalue weighted by atomic mass is 16.2. The Morgan fingerprint density at radius 2 is 2.06 bits per heavy atom. The van der Waals surface area contributed by atoms with Crippen molar-refractivity contribution in [3.63, 3.8) is 0 Å². The number of carbonyl (C=O) groups is 2. The van der Waals surface area contributed by atoms with Gasteiger partial charge in [0.15, 0.2) is 5.69 Å². The first-order chi connectivity index (χ1) is 7.70. The summed E-state index contributed by atoms with van der Waals surface area (Å²) in [6.07, 6.45) is 2.26. The molecule has 86 valence electrons. The second-order valence-corrected chi connectivity index (χ2v) is 3.65. The molecular formula is C9H13N5O2. The SMILES string of the molecule is Cn1ncc(C(=O)N2CCN(C=O)CC2)n1. The molecule has 2 heterocycles. The van der Waals surface area contributed by atoms with Crippen LogP contribution in [0.3, 0.4) is 0 Å². The highest BCUT2D eigenvalue weighted by molar-refractivity contribution is 5.92. The first kappa shape index (κ1) is 10.6. The largest absolute Gasteiger partial charge is 0.342 e. The first-order valence-corrected chi connectivity index (χ1v) is 5.05. The summed E-state index contributed by atoms with van der Waals surface area (Å²) in [6, 6.07) is 0. The zero-order chi connectivity index (χ0) is 11.5. The minimum Gasteiger partial charge on any atom is -0.342 e. The average molecular weight is 223 g/mol. The van der Waals surface area contributed by atoms with Gasteiger partial charge in [0.25, 0.3) is 5.91 Å². The van der Waals surface area contributed by atoms with E-state index in [1.807, 2.05) is 0 Å². The molecular weight excluding hydrogens is 210 g/mol. The van der Waals surface area contributed by atoms with Crippen LogP contribution in [-0.2, 0) is 11.8 Å². The predicted molar refractivity (Wildman–Crippen MR) is 54.5 cm³/mol. The number of amides is 2. The average Bonchev–Trinajstić information content (AvgIpc) is 2.75. The lowest BCUT2D eigenvalue weighted by molar-refractivity contribution is -0.119. The van der Waals surface area contributed by atoms with E-state index in [2.05, 4.69) is 10.2 Å². The molecule has 0 unspecified atom stereocenters. The minimum absolute atomic E-state index is 0.126. The van der Waals surface area contributed by atoms with Crippen LogP contribution in [0.2, 0.25) is 0 Å². The molecule has 0 atom stereocenters. The molecule has 1 aliphatic heterocycles. The van der Waals surface area contributed by atoms with E-state index in [0.29, 0.717) is 31.9 Å². The third-order valence-corrected chi connectivity index (χ3v) is 2.57. The molecule has 2 rings (SSSR count). The summed E-state index contributed by atoms with van der Waals surface area (Å²) in [6.45, 7) is 2.26. The van der Waals surface area contributed by atoms with Gasteiger partial charge in [0.1, 0.15) is 0 Å². The molecule has 0 N–H and O–H groups in total. The van der Waals surface area contributed by atoms with Crippen molar-refractivity contribution >= 4 is 12.3 Å². The van der Waals surface area contributed by atoms with Gasteiger partial charge in [0.05, 0.1) is 6.20 Å². The van der Waals surface area contributed by atoms with Crippen LogP contribution in [0, 0.1) is 0 Å². The van der Waals surface area contributed by atoms with Crippen LogP contribution in [0.25, 0.3) is 0 Å². The molecule has 0 radical (unpaired) electrons. The number of rotatable bonds is 2. The topological polar surface area (TPSA) is 71.3 Å². The monoisotopic (exact) mass is 223 g/mol. The maximum Gasteiger partial charge on any atom is 0.276 e. The second kappa shape index (κ2) is 4.30. The second-order valence-electron chi connectivity index (χ2n) is 3.65. The summed E-state index contributed by atoms with van der Waals surface area (Å²) in [4.78, 5) is 27.1. The van der Waals surface area contributed by atoms with Gasteiger partial charge >= 0.3 is 0 Å². The lowest BCUT2D eigenvalue weighted by atomic mass is 10.3. The minimum atomic E-state index is -0.126. The van der Waals surface area contributed by atoms with Gasteiger partial charge in [0.2, 0.25) is 6.41 Å². The molecule has 1 aromatic heterocycles. The zero-order valence-electron chi connectivity index (χ0n) is 9.04. The summed E-state index contributed by atoms with van der Waals surface area (Å²) in [5.41, 5.74) is 0.349. The molecule has 0 spiro atoms. The molecule has 1 aromatic rings. The number of hydrogen-bond acceptors (Lipinski definition) is 4. The Kier molecular flexibility index (Phi) is 2.84. The van der Waals surface area contributed by atoms with Crippen molar-refractivity contribution in [2.45, 2.75) is 0 Å². The fraction of sp³-hybridized carbons (Fsp3) is 0.556. The normalized spacial score (nSPS) is 16.3. The lowest BCUT2D eigenvalue weighted by Gasteiger charge is -2.31. The van der Waals surface area contributed by atoms with E-state index in [1.54, 1.807) is 16.8 Å². The molecule has 1 aliphatic rings. The van der Waals surface area contributed by atoms with Gasteiger partial charge < -0.3 is 9.80 Å². The summed E-state index contributed by atoms with van der Waals surface area (Å²) < 4.78 is 0. The Bertz CT molecular complexity index is 394. The van der Waals surface area contributed by atoms with E-state index < -0.39 is 0 Å². The Hall–Kier alpha value is -1.92. The van der Waals surface area contributed by atoms with E-state index in [-0.39, 0.29) is 5.91 Å². The van der Waals surface area contributed by atoms with Crippen molar-refractivity contribution < 1.29 is 9.59 Å². The van der Waals surface area contributed by atoms with Crippen LogP contribution in [0.5, 0.6) is 0 Å². The molecule has 2 amide bonds. The van der Waals surface area contributed by atoms with Crippen LogP contribution < -0.4 is 0 Å². The van der Waals surface area contributed by atoms with Crippen LogP contribution >= 0.6 is 0 Å². The standard InChI is InChI=1S/C9H13N5O2/c1-12-10-6-8(11-12)9(16)14-4-2-13(7-15)3-5-14/h6-7H,2-5H2,1H3. The number of carbonyl (C=O) groups excluding carboxylic acids is 2. The fourth-order valence-electron chi connectivity index (χ4n) is 1.64. The number of hydrogen-bond donors (Lipinski definition) is 0. The quantitative estimate of drug-likeness (QED) is 0.586. The summed E-state index contributed by atoms with van der Waals surface area (Å²) in [5.74, 6) is -0.126. The summed E-state index contributed by atoms with van der Waals surface area (Å²) >= 11 is 0. The highest BCUT2D eigenvalue weighted by Gasteiger charge is 2.22. The van der Waals surface area contributed by atoms with Gasteiger partial charge in [0, 0.05) is 33.2 Å². The van der Waals surface area contributed by atoms with Crippen LogP contribution in [0.4, 0.5) is 0 Å². The van der Waals surface area contributed by atoms with E-state index in [0.717, 1.165) is 6.41 Å². The number of nitrogens with zero attached hydrogens (tertiary/aromatic N) is 5. The molecule has 0 bridgehead atoms. The van der Waals surface area contributed by atoms with Crippen LogP contribution in [0.1, 0.15) is 10.5 Å². The number of aromatic nitrogens is 3. The van der Waals surface area contributed by atoms with Crippen molar-refractivity contribution in [1.29, 1.82) is 0 Å². The van der Waals surface area contributed by atoms with Crippen LogP contribution in [-0.4, -0.2) is 63.3 Å². The van der Waals surface area contributed by atoms with Crippen molar-refractivity contribution in [2.24, 2.45) is 7.05 Å². The Morgan fingerprint density at radius 1 is 1.38 bits per heavy atom. The maximum atomic E-state index is 11.9. The fourth-order valence-corrected chi connectivity index (χ4v) is 1.64. The van der Waals surface area contributed by atoms with Crippen molar-refractivity contribution in [2.75, 3.05) is 26.2 Å². The van der Waals surface area contributed by atoms with Crippen molar-refractivity contribution in [3.8, 4) is 0 Å².